The van der Waals surface area contributed by atoms with Gasteiger partial charge in [0.15, 0.2) is 0 Å². The van der Waals surface area contributed by atoms with Gasteiger partial charge < -0.3 is 9.64 Å². The van der Waals surface area contributed by atoms with Crippen LogP contribution < -0.4 is 4.90 Å². The third-order valence-electron chi connectivity index (χ3n) is 4.81. The minimum absolute atomic E-state index is 0.764. The second-order valence-corrected chi connectivity index (χ2v) is 7.51. The van der Waals surface area contributed by atoms with E-state index in [1.165, 1.54) is 4.70 Å². The summed E-state index contributed by atoms with van der Waals surface area (Å²) >= 11 is 1.71. The van der Waals surface area contributed by atoms with E-state index in [-0.39, 0.29) is 0 Å². The largest absolute Gasteiger partial charge is 0.378 e. The van der Waals surface area contributed by atoms with Gasteiger partial charge in [0.1, 0.15) is 5.82 Å². The number of nitrogens with zero attached hydrogens (tertiary/aromatic N) is 5. The Morgan fingerprint density at radius 2 is 1.93 bits per heavy atom. The summed E-state index contributed by atoms with van der Waals surface area (Å²) in [5.74, 6) is 1.01. The van der Waals surface area contributed by atoms with E-state index in [4.69, 9.17) is 9.72 Å². The molecule has 5 heterocycles. The van der Waals surface area contributed by atoms with Crippen molar-refractivity contribution in [1.82, 2.24) is 19.7 Å². The molecular weight excluding hydrogens is 358 g/mol. The van der Waals surface area contributed by atoms with Crippen LogP contribution in [0.4, 0.5) is 5.82 Å². The first-order chi connectivity index (χ1) is 13.3. The first-order valence-corrected chi connectivity index (χ1v) is 9.82. The Morgan fingerprint density at radius 1 is 1.04 bits per heavy atom. The lowest BCUT2D eigenvalue weighted by molar-refractivity contribution is 0.122. The first kappa shape index (κ1) is 16.4. The Balaban J connectivity index is 1.50. The molecule has 0 aromatic carbocycles. The Labute approximate surface area is 161 Å². The molecule has 0 bridgehead atoms. The number of aromatic nitrogens is 4. The van der Waals surface area contributed by atoms with Gasteiger partial charge in [0, 0.05) is 54.6 Å². The van der Waals surface area contributed by atoms with Gasteiger partial charge in [-0.2, -0.15) is 5.10 Å². The molecule has 1 fully saturated rings. The van der Waals surface area contributed by atoms with E-state index in [0.717, 1.165) is 60.0 Å². The number of ether oxygens (including phenoxy) is 1. The van der Waals surface area contributed by atoms with Crippen LogP contribution in [0.3, 0.4) is 0 Å². The van der Waals surface area contributed by atoms with Gasteiger partial charge in [-0.3, -0.25) is 4.68 Å². The summed E-state index contributed by atoms with van der Waals surface area (Å²) in [6, 6.07) is 8.42. The summed E-state index contributed by atoms with van der Waals surface area (Å²) in [4.78, 5) is 11.9. The Morgan fingerprint density at radius 3 is 2.67 bits per heavy atom. The fourth-order valence-electron chi connectivity index (χ4n) is 3.36. The Kier molecular flexibility index (Phi) is 4.10. The molecule has 27 heavy (non-hydrogen) atoms. The van der Waals surface area contributed by atoms with Gasteiger partial charge in [-0.25, -0.2) is 9.97 Å². The minimum Gasteiger partial charge on any atom is -0.378 e. The number of fused-ring (bicyclic) bond motifs is 1. The number of hydrogen-bond acceptors (Lipinski definition) is 6. The Hall–Kier alpha value is -2.77. The van der Waals surface area contributed by atoms with Crippen LogP contribution in [0.2, 0.25) is 0 Å². The second-order valence-electron chi connectivity index (χ2n) is 6.60. The van der Waals surface area contributed by atoms with E-state index in [0.29, 0.717) is 0 Å². The van der Waals surface area contributed by atoms with E-state index in [9.17, 15) is 0 Å². The molecule has 0 radical (unpaired) electrons. The summed E-state index contributed by atoms with van der Waals surface area (Å²) in [5.41, 5.74) is 5.20. The van der Waals surface area contributed by atoms with Gasteiger partial charge in [-0.1, -0.05) is 0 Å². The van der Waals surface area contributed by atoms with Crippen molar-refractivity contribution < 1.29 is 4.74 Å². The van der Waals surface area contributed by atoms with Crippen molar-refractivity contribution in [3.05, 3.63) is 48.2 Å². The Bertz CT molecular complexity index is 1080. The maximum Gasteiger partial charge on any atom is 0.128 e. The number of aryl methyl sites for hydroxylation is 1. The molecule has 0 amide bonds. The highest BCUT2D eigenvalue weighted by molar-refractivity contribution is 7.17. The van der Waals surface area contributed by atoms with Gasteiger partial charge in [0.25, 0.3) is 0 Å². The molecule has 0 atom stereocenters. The maximum absolute atomic E-state index is 5.42. The molecule has 0 unspecified atom stereocenters. The lowest BCUT2D eigenvalue weighted by Gasteiger charge is -2.27. The second kappa shape index (κ2) is 6.75. The molecule has 0 aliphatic carbocycles. The van der Waals surface area contributed by atoms with Crippen LogP contribution in [0, 0.1) is 0 Å². The summed E-state index contributed by atoms with van der Waals surface area (Å²) in [6.45, 7) is 3.31. The number of rotatable bonds is 3. The van der Waals surface area contributed by atoms with E-state index < -0.39 is 0 Å². The third kappa shape index (κ3) is 3.09. The minimum atomic E-state index is 0.764. The quantitative estimate of drug-likeness (QED) is 0.546. The number of pyridine rings is 2. The predicted octanol–water partition coefficient (Wildman–Crippen LogP) is 3.60. The van der Waals surface area contributed by atoms with E-state index in [2.05, 4.69) is 44.6 Å². The molecule has 0 spiro atoms. The van der Waals surface area contributed by atoms with Crippen molar-refractivity contribution >= 4 is 27.4 Å². The molecule has 5 rings (SSSR count). The molecule has 7 heteroatoms. The topological polar surface area (TPSA) is 56.1 Å². The van der Waals surface area contributed by atoms with Crippen molar-refractivity contribution in [1.29, 1.82) is 0 Å². The normalized spacial score (nSPS) is 14.8. The van der Waals surface area contributed by atoms with Crippen LogP contribution in [-0.2, 0) is 11.8 Å². The van der Waals surface area contributed by atoms with Gasteiger partial charge in [-0.15, -0.1) is 11.3 Å². The first-order valence-electron chi connectivity index (χ1n) is 8.94. The SMILES string of the molecule is Cn1cc(-c2ccc3scc(-c4ccc(N5CCOCC5)nc4)c3n2)cn1. The highest BCUT2D eigenvalue weighted by Gasteiger charge is 2.14. The summed E-state index contributed by atoms with van der Waals surface area (Å²) in [5, 5.41) is 6.41. The van der Waals surface area contributed by atoms with Crippen LogP contribution in [0.5, 0.6) is 0 Å². The lowest BCUT2D eigenvalue weighted by atomic mass is 10.1. The standard InChI is InChI=1S/C20H19N5OS/c1-24-12-15(11-22-24)17-3-4-18-20(23-17)16(13-27-18)14-2-5-19(21-10-14)25-6-8-26-9-7-25/h2-5,10-13H,6-9H2,1H3. The summed E-state index contributed by atoms with van der Waals surface area (Å²) in [7, 11) is 1.92. The molecule has 4 aromatic heterocycles. The monoisotopic (exact) mass is 377 g/mol. The molecule has 1 saturated heterocycles. The fourth-order valence-corrected chi connectivity index (χ4v) is 4.26. The average Bonchev–Trinajstić information content (AvgIpc) is 3.34. The zero-order chi connectivity index (χ0) is 18.2. The maximum atomic E-state index is 5.42. The van der Waals surface area contributed by atoms with Crippen LogP contribution in [0.25, 0.3) is 32.6 Å². The molecule has 136 valence electrons. The summed E-state index contributed by atoms with van der Waals surface area (Å²) < 4.78 is 8.39. The van der Waals surface area contributed by atoms with Crippen molar-refractivity contribution in [2.75, 3.05) is 31.2 Å². The average molecular weight is 377 g/mol. The van der Waals surface area contributed by atoms with E-state index in [1.807, 2.05) is 25.6 Å². The van der Waals surface area contributed by atoms with Crippen molar-refractivity contribution in [3.63, 3.8) is 0 Å². The van der Waals surface area contributed by atoms with E-state index >= 15 is 0 Å². The van der Waals surface area contributed by atoms with Gasteiger partial charge in [0.05, 0.1) is 35.3 Å². The van der Waals surface area contributed by atoms with Crippen LogP contribution in [0.1, 0.15) is 0 Å². The lowest BCUT2D eigenvalue weighted by Crippen LogP contribution is -2.36. The predicted molar refractivity (Wildman–Crippen MR) is 108 cm³/mol. The third-order valence-corrected chi connectivity index (χ3v) is 5.75. The molecule has 1 aliphatic heterocycles. The fraction of sp³-hybridized carbons (Fsp3) is 0.250. The number of morpholine rings is 1. The molecule has 4 aromatic rings. The molecule has 6 nitrogen and oxygen atoms in total. The number of hydrogen-bond donors (Lipinski definition) is 0. The van der Waals surface area contributed by atoms with Gasteiger partial charge in [0.2, 0.25) is 0 Å². The number of anilines is 1. The van der Waals surface area contributed by atoms with Crippen LogP contribution in [-0.4, -0.2) is 46.1 Å². The van der Waals surface area contributed by atoms with Crippen molar-refractivity contribution in [3.8, 4) is 22.4 Å². The van der Waals surface area contributed by atoms with Crippen LogP contribution in [0.15, 0.2) is 48.2 Å². The zero-order valence-corrected chi connectivity index (χ0v) is 15.8. The molecule has 0 saturated carbocycles. The van der Waals surface area contributed by atoms with Crippen molar-refractivity contribution in [2.45, 2.75) is 0 Å². The van der Waals surface area contributed by atoms with Crippen molar-refractivity contribution in [2.24, 2.45) is 7.05 Å². The molecule has 1 aliphatic rings. The van der Waals surface area contributed by atoms with Gasteiger partial charge in [-0.05, 0) is 24.3 Å². The van der Waals surface area contributed by atoms with Crippen LogP contribution >= 0.6 is 11.3 Å². The summed E-state index contributed by atoms with van der Waals surface area (Å²) in [6.07, 6.45) is 5.78. The highest BCUT2D eigenvalue weighted by atomic mass is 32.1. The smallest absolute Gasteiger partial charge is 0.128 e. The number of thiophene rings is 1. The zero-order valence-electron chi connectivity index (χ0n) is 15.0. The van der Waals surface area contributed by atoms with Gasteiger partial charge >= 0.3 is 0 Å². The highest BCUT2D eigenvalue weighted by Crippen LogP contribution is 2.34. The molecular formula is C20H19N5OS. The van der Waals surface area contributed by atoms with E-state index in [1.54, 1.807) is 16.0 Å². The molecule has 0 N–H and O–H groups in total.